The number of hydrogen-bond acceptors (Lipinski definition) is 3. The molecule has 3 nitrogen and oxygen atoms in total. The van der Waals surface area contributed by atoms with Crippen molar-refractivity contribution in [2.24, 2.45) is 5.41 Å². The molecule has 3 fully saturated rings. The van der Waals surface area contributed by atoms with E-state index >= 15 is 0 Å². The molecular formula is C17H31NO2. The van der Waals surface area contributed by atoms with Crippen molar-refractivity contribution in [3.8, 4) is 0 Å². The maximum atomic E-state index is 6.57. The van der Waals surface area contributed by atoms with Gasteiger partial charge in [-0.3, -0.25) is 0 Å². The first kappa shape index (κ1) is 14.8. The summed E-state index contributed by atoms with van der Waals surface area (Å²) < 4.78 is 12.3. The highest BCUT2D eigenvalue weighted by Crippen LogP contribution is 2.45. The van der Waals surface area contributed by atoms with Gasteiger partial charge in [0.05, 0.1) is 18.3 Å². The Morgan fingerprint density at radius 1 is 1.10 bits per heavy atom. The maximum Gasteiger partial charge on any atom is 0.0687 e. The highest BCUT2D eigenvalue weighted by molar-refractivity contribution is 4.95. The molecule has 2 atom stereocenters. The van der Waals surface area contributed by atoms with Crippen LogP contribution in [0.5, 0.6) is 0 Å². The highest BCUT2D eigenvalue weighted by Gasteiger charge is 2.45. The Morgan fingerprint density at radius 2 is 1.95 bits per heavy atom. The van der Waals surface area contributed by atoms with E-state index in [1.165, 1.54) is 57.8 Å². The Hall–Kier alpha value is -0.120. The van der Waals surface area contributed by atoms with Gasteiger partial charge in [-0.15, -0.1) is 0 Å². The van der Waals surface area contributed by atoms with Gasteiger partial charge in [0, 0.05) is 18.6 Å². The summed E-state index contributed by atoms with van der Waals surface area (Å²) in [6.45, 7) is 6.19. The zero-order chi connectivity index (χ0) is 13.9. The Kier molecular flexibility index (Phi) is 4.68. The van der Waals surface area contributed by atoms with Crippen LogP contribution in [0.15, 0.2) is 0 Å². The molecule has 1 aliphatic carbocycles. The van der Waals surface area contributed by atoms with Crippen LogP contribution in [-0.2, 0) is 9.47 Å². The molecule has 0 amide bonds. The van der Waals surface area contributed by atoms with E-state index in [0.717, 1.165) is 26.3 Å². The van der Waals surface area contributed by atoms with E-state index < -0.39 is 0 Å². The van der Waals surface area contributed by atoms with Crippen molar-refractivity contribution >= 4 is 0 Å². The molecule has 116 valence electrons. The molecule has 3 heteroatoms. The summed E-state index contributed by atoms with van der Waals surface area (Å²) in [5, 5.41) is 3.54. The third kappa shape index (κ3) is 3.20. The van der Waals surface area contributed by atoms with E-state index in [0.29, 0.717) is 11.5 Å². The molecule has 20 heavy (non-hydrogen) atoms. The minimum atomic E-state index is 0.266. The summed E-state index contributed by atoms with van der Waals surface area (Å²) >= 11 is 0. The smallest absolute Gasteiger partial charge is 0.0687 e. The van der Waals surface area contributed by atoms with Gasteiger partial charge in [-0.25, -0.2) is 0 Å². The summed E-state index contributed by atoms with van der Waals surface area (Å²) in [5.41, 5.74) is 0.600. The lowest BCUT2D eigenvalue weighted by Crippen LogP contribution is -2.39. The number of nitrogens with one attached hydrogen (secondary N) is 1. The minimum Gasteiger partial charge on any atom is -0.381 e. The molecule has 0 radical (unpaired) electrons. The summed E-state index contributed by atoms with van der Waals surface area (Å²) in [6, 6.07) is 0. The highest BCUT2D eigenvalue weighted by atomic mass is 16.5. The van der Waals surface area contributed by atoms with Gasteiger partial charge in [-0.1, -0.05) is 26.2 Å². The molecule has 0 bridgehead atoms. The number of rotatable bonds is 5. The third-order valence-electron chi connectivity index (χ3n) is 5.70. The first-order valence-corrected chi connectivity index (χ1v) is 8.72. The van der Waals surface area contributed by atoms with Crippen LogP contribution in [0.3, 0.4) is 0 Å². The van der Waals surface area contributed by atoms with Gasteiger partial charge in [0.1, 0.15) is 0 Å². The van der Waals surface area contributed by atoms with Gasteiger partial charge < -0.3 is 14.8 Å². The van der Waals surface area contributed by atoms with Gasteiger partial charge in [-0.05, 0) is 45.1 Å². The molecule has 2 heterocycles. The topological polar surface area (TPSA) is 30.5 Å². The van der Waals surface area contributed by atoms with Crippen LogP contribution in [0, 0.1) is 5.41 Å². The fourth-order valence-corrected chi connectivity index (χ4v) is 4.50. The summed E-state index contributed by atoms with van der Waals surface area (Å²) in [7, 11) is 0. The Balaban J connectivity index is 1.56. The SMILES string of the molecule is CCNCC1(CC2CCC3(CCCCC3)O2)CCOC1. The number of ether oxygens (including phenoxy) is 2. The lowest BCUT2D eigenvalue weighted by Gasteiger charge is -2.35. The van der Waals surface area contributed by atoms with E-state index in [2.05, 4.69) is 12.2 Å². The normalized spacial score (nSPS) is 36.8. The van der Waals surface area contributed by atoms with Crippen LogP contribution in [0.2, 0.25) is 0 Å². The van der Waals surface area contributed by atoms with Gasteiger partial charge in [-0.2, -0.15) is 0 Å². The molecule has 2 saturated heterocycles. The molecule has 2 unspecified atom stereocenters. The van der Waals surface area contributed by atoms with Crippen LogP contribution < -0.4 is 5.32 Å². The fourth-order valence-electron chi connectivity index (χ4n) is 4.50. The molecule has 1 N–H and O–H groups in total. The van der Waals surface area contributed by atoms with E-state index in [4.69, 9.17) is 9.47 Å². The van der Waals surface area contributed by atoms with Crippen molar-refractivity contribution in [2.45, 2.75) is 76.4 Å². The zero-order valence-corrected chi connectivity index (χ0v) is 13.1. The average Bonchev–Trinajstić information content (AvgIpc) is 3.07. The molecule has 3 aliphatic rings. The van der Waals surface area contributed by atoms with Crippen LogP contribution in [-0.4, -0.2) is 38.0 Å². The van der Waals surface area contributed by atoms with Gasteiger partial charge in [0.15, 0.2) is 0 Å². The first-order chi connectivity index (χ1) is 9.76. The largest absolute Gasteiger partial charge is 0.381 e. The van der Waals surface area contributed by atoms with E-state index in [1.54, 1.807) is 0 Å². The van der Waals surface area contributed by atoms with Crippen LogP contribution in [0.25, 0.3) is 0 Å². The molecule has 0 aromatic carbocycles. The van der Waals surface area contributed by atoms with Crippen LogP contribution in [0.1, 0.15) is 64.7 Å². The third-order valence-corrected chi connectivity index (χ3v) is 5.70. The van der Waals surface area contributed by atoms with Crippen LogP contribution >= 0.6 is 0 Å². The van der Waals surface area contributed by atoms with E-state index in [-0.39, 0.29) is 5.60 Å². The Morgan fingerprint density at radius 3 is 2.65 bits per heavy atom. The summed E-state index contributed by atoms with van der Waals surface area (Å²) in [6.07, 6.45) is 12.2. The molecule has 0 aromatic heterocycles. The van der Waals surface area contributed by atoms with Crippen molar-refractivity contribution in [2.75, 3.05) is 26.3 Å². The monoisotopic (exact) mass is 281 g/mol. The fraction of sp³-hybridized carbons (Fsp3) is 1.00. The molecule has 3 rings (SSSR count). The summed E-state index contributed by atoms with van der Waals surface area (Å²) in [4.78, 5) is 0. The second-order valence-electron chi connectivity index (χ2n) is 7.31. The molecule has 1 spiro atoms. The van der Waals surface area contributed by atoms with E-state index in [1.807, 2.05) is 0 Å². The predicted molar refractivity (Wildman–Crippen MR) is 81.0 cm³/mol. The lowest BCUT2D eigenvalue weighted by molar-refractivity contribution is -0.0773. The van der Waals surface area contributed by atoms with Crippen molar-refractivity contribution in [3.63, 3.8) is 0 Å². The first-order valence-electron chi connectivity index (χ1n) is 8.72. The van der Waals surface area contributed by atoms with Crippen molar-refractivity contribution in [3.05, 3.63) is 0 Å². The predicted octanol–water partition coefficient (Wildman–Crippen LogP) is 3.27. The van der Waals surface area contributed by atoms with Gasteiger partial charge in [0.25, 0.3) is 0 Å². The average molecular weight is 281 g/mol. The molecule has 2 aliphatic heterocycles. The Labute approximate surface area is 123 Å². The quantitative estimate of drug-likeness (QED) is 0.839. The van der Waals surface area contributed by atoms with E-state index in [9.17, 15) is 0 Å². The number of hydrogen-bond donors (Lipinski definition) is 1. The van der Waals surface area contributed by atoms with Crippen molar-refractivity contribution in [1.29, 1.82) is 0 Å². The second-order valence-corrected chi connectivity index (χ2v) is 7.31. The minimum absolute atomic E-state index is 0.266. The van der Waals surface area contributed by atoms with Crippen molar-refractivity contribution in [1.82, 2.24) is 5.32 Å². The molecular weight excluding hydrogens is 250 g/mol. The second kappa shape index (κ2) is 6.33. The van der Waals surface area contributed by atoms with Crippen LogP contribution in [0.4, 0.5) is 0 Å². The standard InChI is InChI=1S/C17H31NO2/c1-2-18-13-16(10-11-19-14-16)12-15-6-9-17(20-15)7-4-3-5-8-17/h15,18H,2-14H2,1H3. The van der Waals surface area contributed by atoms with Crippen molar-refractivity contribution < 1.29 is 9.47 Å². The maximum absolute atomic E-state index is 6.57. The molecule has 0 aromatic rings. The Bertz CT molecular complexity index is 306. The van der Waals surface area contributed by atoms with Gasteiger partial charge >= 0.3 is 0 Å². The molecule has 1 saturated carbocycles. The summed E-state index contributed by atoms with van der Waals surface area (Å²) in [5.74, 6) is 0. The zero-order valence-electron chi connectivity index (χ0n) is 13.1. The van der Waals surface area contributed by atoms with Gasteiger partial charge in [0.2, 0.25) is 0 Å². The lowest BCUT2D eigenvalue weighted by atomic mass is 9.80.